The number of nitrogens with one attached hydrogen (secondary N) is 1. The summed E-state index contributed by atoms with van der Waals surface area (Å²) in [5.41, 5.74) is 4.53. The zero-order valence-corrected chi connectivity index (χ0v) is 13.3. The van der Waals surface area contributed by atoms with Gasteiger partial charge in [0.15, 0.2) is 0 Å². The van der Waals surface area contributed by atoms with E-state index in [-0.39, 0.29) is 0 Å². The number of carbonyl (C=O) groups is 1. The number of sulfonamides is 1. The molecule has 1 aliphatic carbocycles. The van der Waals surface area contributed by atoms with Crippen LogP contribution in [-0.4, -0.2) is 24.1 Å². The van der Waals surface area contributed by atoms with Crippen LogP contribution in [0, 0.1) is 11.5 Å². The summed E-state index contributed by atoms with van der Waals surface area (Å²) in [5.74, 6) is -0.515. The number of rotatable bonds is 5. The zero-order valence-electron chi connectivity index (χ0n) is 11.6. The van der Waals surface area contributed by atoms with Gasteiger partial charge in [-0.1, -0.05) is 0 Å². The van der Waals surface area contributed by atoms with Gasteiger partial charge in [-0.25, -0.2) is 13.4 Å². The highest BCUT2D eigenvalue weighted by Gasteiger charge is 2.58. The second-order valence-corrected chi connectivity index (χ2v) is 9.21. The molecule has 0 aliphatic heterocycles. The lowest BCUT2D eigenvalue weighted by molar-refractivity contribution is -0.122. The molecule has 1 aliphatic rings. The Hall–Kier alpha value is -0.990. The molecule has 1 heterocycles. The first kappa shape index (κ1) is 15.4. The first-order chi connectivity index (χ1) is 9.10. The van der Waals surface area contributed by atoms with Crippen LogP contribution in [0.3, 0.4) is 0 Å². The van der Waals surface area contributed by atoms with E-state index in [0.29, 0.717) is 23.9 Å². The highest BCUT2D eigenvalue weighted by molar-refractivity contribution is 7.90. The van der Waals surface area contributed by atoms with Crippen molar-refractivity contribution >= 4 is 27.3 Å². The van der Waals surface area contributed by atoms with E-state index in [9.17, 15) is 13.2 Å². The van der Waals surface area contributed by atoms with Crippen LogP contribution in [0.5, 0.6) is 0 Å². The Balaban J connectivity index is 2.38. The van der Waals surface area contributed by atoms with E-state index in [4.69, 9.17) is 5.73 Å². The molecule has 0 bridgehead atoms. The maximum absolute atomic E-state index is 12.3. The lowest BCUT2D eigenvalue weighted by Crippen LogP contribution is -2.47. The summed E-state index contributed by atoms with van der Waals surface area (Å²) < 4.78 is 26.3. The summed E-state index contributed by atoms with van der Waals surface area (Å²) in [6, 6.07) is 0.315. The Kier molecular flexibility index (Phi) is 3.68. The van der Waals surface area contributed by atoms with Gasteiger partial charge in [0.25, 0.3) is 0 Å². The monoisotopic (exact) mass is 316 g/mol. The van der Waals surface area contributed by atoms with Crippen LogP contribution in [0.2, 0.25) is 0 Å². The predicted octanol–water partition coefficient (Wildman–Crippen LogP) is 1.01. The Bertz CT molecular complexity index is 598. The number of aromatic nitrogens is 1. The number of amides is 1. The second-order valence-electron chi connectivity index (χ2n) is 5.88. The van der Waals surface area contributed by atoms with Crippen molar-refractivity contribution in [2.45, 2.75) is 38.4 Å². The molecular formula is C12H18N3O3S2. The number of thiazole rings is 1. The molecule has 1 fully saturated rings. The van der Waals surface area contributed by atoms with Crippen molar-refractivity contribution in [2.75, 3.05) is 0 Å². The highest BCUT2D eigenvalue weighted by atomic mass is 32.2. The third kappa shape index (κ3) is 2.59. The van der Waals surface area contributed by atoms with E-state index in [1.54, 1.807) is 32.3 Å². The lowest BCUT2D eigenvalue weighted by atomic mass is 9.97. The first-order valence-corrected chi connectivity index (χ1v) is 8.56. The first-order valence-electron chi connectivity index (χ1n) is 6.20. The molecule has 20 heavy (non-hydrogen) atoms. The van der Waals surface area contributed by atoms with Crippen molar-refractivity contribution in [3.63, 3.8) is 0 Å². The normalized spacial score (nSPS) is 18.2. The average molecular weight is 316 g/mol. The number of hydrogen-bond acceptors (Lipinski definition) is 5. The summed E-state index contributed by atoms with van der Waals surface area (Å²) in [6.45, 7) is 4.79. The van der Waals surface area contributed by atoms with E-state index in [1.807, 2.05) is 0 Å². The molecule has 0 aromatic carbocycles. The van der Waals surface area contributed by atoms with E-state index < -0.39 is 26.1 Å². The van der Waals surface area contributed by atoms with Crippen molar-refractivity contribution < 1.29 is 13.2 Å². The van der Waals surface area contributed by atoms with Gasteiger partial charge < -0.3 is 5.73 Å². The molecule has 1 saturated carbocycles. The minimum absolute atomic E-state index is 0.315. The molecule has 1 radical (unpaired) electrons. The third-order valence-electron chi connectivity index (χ3n) is 3.39. The minimum atomic E-state index is -3.63. The molecule has 2 rings (SSSR count). The maximum Gasteiger partial charge on any atom is 0.226 e. The molecule has 0 atom stereocenters. The molecule has 1 amide bonds. The van der Waals surface area contributed by atoms with Gasteiger partial charge in [-0.15, -0.1) is 11.3 Å². The van der Waals surface area contributed by atoms with Gasteiger partial charge in [-0.3, -0.25) is 4.79 Å². The van der Waals surface area contributed by atoms with Crippen LogP contribution < -0.4 is 10.5 Å². The maximum atomic E-state index is 12.3. The van der Waals surface area contributed by atoms with Crippen molar-refractivity contribution in [1.29, 1.82) is 0 Å². The van der Waals surface area contributed by atoms with Gasteiger partial charge in [0.05, 0.1) is 10.2 Å². The fraction of sp³-hybridized carbons (Fsp3) is 0.583. The minimum Gasteiger partial charge on any atom is -0.369 e. The van der Waals surface area contributed by atoms with Crippen molar-refractivity contribution in [2.24, 2.45) is 11.1 Å². The number of nitrogens with zero attached hydrogens (tertiary/aromatic N) is 1. The predicted molar refractivity (Wildman–Crippen MR) is 77.1 cm³/mol. The van der Waals surface area contributed by atoms with Gasteiger partial charge in [-0.2, -0.15) is 4.72 Å². The largest absolute Gasteiger partial charge is 0.369 e. The molecule has 0 spiro atoms. The Morgan fingerprint density at radius 1 is 1.45 bits per heavy atom. The van der Waals surface area contributed by atoms with Crippen molar-refractivity contribution in [1.82, 2.24) is 9.71 Å². The number of primary amides is 1. The van der Waals surface area contributed by atoms with Gasteiger partial charge in [0.2, 0.25) is 15.9 Å². The summed E-state index contributed by atoms with van der Waals surface area (Å²) in [7, 11) is -3.63. The zero-order chi connectivity index (χ0) is 15.2. The summed E-state index contributed by atoms with van der Waals surface area (Å²) in [4.78, 5) is 15.8. The standard InChI is InChI=1S/C12H18N3O3S2/c1-11(2,3)20(17,18)15-8(9-14-6-7-19-9)12(4-5-12)10(13)16/h6-7,15H,4-5H2,1-3H3,(H2,13,16). The number of hydrogen-bond donors (Lipinski definition) is 2. The Labute approximate surface area is 122 Å². The van der Waals surface area contributed by atoms with Crippen LogP contribution in [-0.2, 0) is 14.8 Å². The molecular weight excluding hydrogens is 298 g/mol. The molecule has 6 nitrogen and oxygen atoms in total. The molecule has 0 unspecified atom stereocenters. The van der Waals surface area contributed by atoms with E-state index >= 15 is 0 Å². The van der Waals surface area contributed by atoms with E-state index in [0.717, 1.165) is 0 Å². The SMILES string of the molecule is CC(C)(C)S(=O)(=O)N[C](c1nccs1)C1(C(N)=O)CC1. The smallest absolute Gasteiger partial charge is 0.226 e. The Morgan fingerprint density at radius 2 is 2.05 bits per heavy atom. The van der Waals surface area contributed by atoms with Crippen molar-refractivity contribution in [3.05, 3.63) is 22.6 Å². The quantitative estimate of drug-likeness (QED) is 0.846. The van der Waals surface area contributed by atoms with E-state index in [1.165, 1.54) is 11.3 Å². The van der Waals surface area contributed by atoms with Gasteiger partial charge in [0, 0.05) is 11.6 Å². The summed E-state index contributed by atoms with van der Waals surface area (Å²) in [6.07, 6.45) is 2.66. The molecule has 8 heteroatoms. The lowest BCUT2D eigenvalue weighted by Gasteiger charge is -2.27. The number of nitrogens with two attached hydrogens (primary N) is 1. The molecule has 111 valence electrons. The molecule has 1 aromatic heterocycles. The number of carbonyl (C=O) groups excluding carboxylic acids is 1. The summed E-state index contributed by atoms with van der Waals surface area (Å²) in [5, 5.41) is 2.23. The van der Waals surface area contributed by atoms with Crippen LogP contribution in [0.1, 0.15) is 38.6 Å². The topological polar surface area (TPSA) is 102 Å². The van der Waals surface area contributed by atoms with Gasteiger partial charge in [0.1, 0.15) is 11.0 Å². The summed E-state index contributed by atoms with van der Waals surface area (Å²) >= 11 is 1.28. The van der Waals surface area contributed by atoms with Crippen LogP contribution in [0.4, 0.5) is 0 Å². The fourth-order valence-corrected chi connectivity index (χ4v) is 3.39. The fourth-order valence-electron chi connectivity index (χ4n) is 1.72. The van der Waals surface area contributed by atoms with Gasteiger partial charge in [-0.05, 0) is 33.6 Å². The molecule has 0 saturated heterocycles. The Morgan fingerprint density at radius 3 is 2.40 bits per heavy atom. The second kappa shape index (κ2) is 4.78. The molecule has 3 N–H and O–H groups in total. The van der Waals surface area contributed by atoms with Crippen molar-refractivity contribution in [3.8, 4) is 0 Å². The third-order valence-corrected chi connectivity index (χ3v) is 6.26. The van der Waals surface area contributed by atoms with Gasteiger partial charge >= 0.3 is 0 Å². The molecule has 1 aromatic rings. The van der Waals surface area contributed by atoms with Crippen LogP contribution in [0.25, 0.3) is 0 Å². The van der Waals surface area contributed by atoms with E-state index in [2.05, 4.69) is 9.71 Å². The van der Waals surface area contributed by atoms with Crippen LogP contribution >= 0.6 is 11.3 Å². The highest BCUT2D eigenvalue weighted by Crippen LogP contribution is 2.54. The average Bonchev–Trinajstić information content (AvgIpc) is 2.93. The van der Waals surface area contributed by atoms with Crippen LogP contribution in [0.15, 0.2) is 11.6 Å².